The molecule has 0 aromatic heterocycles. The van der Waals surface area contributed by atoms with Gasteiger partial charge in [-0.25, -0.2) is 13.2 Å². The molecule has 3 aromatic rings. The molecule has 1 heterocycles. The van der Waals surface area contributed by atoms with Crippen LogP contribution in [0.25, 0.3) is 0 Å². The van der Waals surface area contributed by atoms with E-state index < -0.39 is 27.8 Å². The van der Waals surface area contributed by atoms with E-state index >= 15 is 0 Å². The van der Waals surface area contributed by atoms with Gasteiger partial charge >= 0.3 is 5.97 Å². The first-order valence-corrected chi connectivity index (χ1v) is 10.8. The van der Waals surface area contributed by atoms with Gasteiger partial charge in [0.15, 0.2) is 0 Å². The van der Waals surface area contributed by atoms with E-state index in [0.717, 1.165) is 0 Å². The van der Waals surface area contributed by atoms with Crippen molar-refractivity contribution in [3.05, 3.63) is 101 Å². The Balaban J connectivity index is 1.48. The van der Waals surface area contributed by atoms with E-state index in [9.17, 15) is 22.8 Å². The molecule has 8 nitrogen and oxygen atoms in total. The Kier molecular flexibility index (Phi) is 5.26. The summed E-state index contributed by atoms with van der Waals surface area (Å²) in [6, 6.07) is 20.3. The monoisotopic (exact) mass is 436 g/mol. The molecular formula is C22H16N2O6S. The van der Waals surface area contributed by atoms with Crippen molar-refractivity contribution < 1.29 is 27.6 Å². The largest absolute Gasteiger partial charge is 0.364 e. The summed E-state index contributed by atoms with van der Waals surface area (Å²) in [7, 11) is -3.73. The lowest BCUT2D eigenvalue weighted by Crippen LogP contribution is -2.32. The highest BCUT2D eigenvalue weighted by molar-refractivity contribution is 7.91. The fourth-order valence-corrected chi connectivity index (χ4v) is 4.29. The fourth-order valence-electron chi connectivity index (χ4n) is 3.10. The highest BCUT2D eigenvalue weighted by Gasteiger charge is 2.38. The second-order valence-corrected chi connectivity index (χ2v) is 8.48. The molecule has 31 heavy (non-hydrogen) atoms. The van der Waals surface area contributed by atoms with Crippen molar-refractivity contribution in [1.82, 2.24) is 5.06 Å². The number of imide groups is 1. The number of nitrogens with zero attached hydrogens (tertiary/aromatic N) is 1. The van der Waals surface area contributed by atoms with Gasteiger partial charge in [-0.15, -0.1) is 0 Å². The number of sulfonamides is 1. The zero-order chi connectivity index (χ0) is 22.0. The standard InChI is InChI=1S/C22H16N2O6S/c25-20-18-11-4-5-12-19(18)21(26)24(20)30-22(27)16-9-6-10-17(13-16)23-31(28,29)14-15-7-2-1-3-8-15/h1-13,23H,14H2. The quantitative estimate of drug-likeness (QED) is 0.595. The van der Waals surface area contributed by atoms with Crippen LogP contribution in [-0.2, 0) is 20.6 Å². The molecule has 1 aliphatic rings. The highest BCUT2D eigenvalue weighted by Crippen LogP contribution is 2.24. The van der Waals surface area contributed by atoms with Gasteiger partial charge in [-0.2, -0.15) is 0 Å². The Hall–Kier alpha value is -3.98. The molecule has 0 bridgehead atoms. The number of fused-ring (bicyclic) bond motifs is 1. The van der Waals surface area contributed by atoms with Gasteiger partial charge in [-0.3, -0.25) is 14.3 Å². The summed E-state index contributed by atoms with van der Waals surface area (Å²) in [6.45, 7) is 0. The summed E-state index contributed by atoms with van der Waals surface area (Å²) in [5.74, 6) is -2.70. The third kappa shape index (κ3) is 4.31. The molecule has 3 aromatic carbocycles. The lowest BCUT2D eigenvalue weighted by molar-refractivity contribution is -0.0584. The predicted octanol–water partition coefficient (Wildman–Crippen LogP) is 3.00. The molecule has 0 saturated heterocycles. The second kappa shape index (κ2) is 8.04. The van der Waals surface area contributed by atoms with Crippen molar-refractivity contribution in [2.24, 2.45) is 0 Å². The molecule has 0 spiro atoms. The van der Waals surface area contributed by atoms with Crippen LogP contribution in [0, 0.1) is 0 Å². The van der Waals surface area contributed by atoms with E-state index in [1.165, 1.54) is 36.4 Å². The van der Waals surface area contributed by atoms with Gasteiger partial charge in [0.2, 0.25) is 10.0 Å². The first-order valence-electron chi connectivity index (χ1n) is 9.19. The Bertz CT molecular complexity index is 1250. The zero-order valence-corrected chi connectivity index (χ0v) is 16.8. The minimum atomic E-state index is -3.73. The fraction of sp³-hybridized carbons (Fsp3) is 0.0455. The minimum Gasteiger partial charge on any atom is -0.324 e. The van der Waals surface area contributed by atoms with E-state index in [1.54, 1.807) is 42.5 Å². The second-order valence-electron chi connectivity index (χ2n) is 6.76. The summed E-state index contributed by atoms with van der Waals surface area (Å²) in [6.07, 6.45) is 0. The van der Waals surface area contributed by atoms with Crippen LogP contribution < -0.4 is 4.72 Å². The Morgan fingerprint density at radius 3 is 2.10 bits per heavy atom. The molecule has 0 radical (unpaired) electrons. The molecule has 2 amide bonds. The lowest BCUT2D eigenvalue weighted by Gasteiger charge is -2.13. The molecule has 0 unspecified atom stereocenters. The maximum Gasteiger partial charge on any atom is 0.364 e. The molecule has 0 aliphatic carbocycles. The van der Waals surface area contributed by atoms with Gasteiger partial charge < -0.3 is 4.84 Å². The maximum atomic E-state index is 12.5. The summed E-state index contributed by atoms with van der Waals surface area (Å²) in [5, 5.41) is 0.402. The van der Waals surface area contributed by atoms with Crippen LogP contribution in [0.15, 0.2) is 78.9 Å². The summed E-state index contributed by atoms with van der Waals surface area (Å²) >= 11 is 0. The van der Waals surface area contributed by atoms with E-state index in [-0.39, 0.29) is 28.1 Å². The molecule has 0 saturated carbocycles. The topological polar surface area (TPSA) is 110 Å². The molecule has 9 heteroatoms. The summed E-state index contributed by atoms with van der Waals surface area (Å²) in [4.78, 5) is 42.2. The number of nitrogens with one attached hydrogen (secondary N) is 1. The number of amides is 2. The number of hydrogen-bond donors (Lipinski definition) is 1. The smallest absolute Gasteiger partial charge is 0.324 e. The van der Waals surface area contributed by atoms with Crippen LogP contribution in [0.2, 0.25) is 0 Å². The van der Waals surface area contributed by atoms with Crippen LogP contribution in [0.4, 0.5) is 5.69 Å². The SMILES string of the molecule is O=C(ON1C(=O)c2ccccc2C1=O)c1cccc(NS(=O)(=O)Cc2ccccc2)c1. The molecule has 0 fully saturated rings. The Morgan fingerprint density at radius 1 is 0.839 bits per heavy atom. The summed E-state index contributed by atoms with van der Waals surface area (Å²) in [5.41, 5.74) is 1.01. The van der Waals surface area contributed by atoms with Gasteiger partial charge in [0.1, 0.15) is 0 Å². The maximum absolute atomic E-state index is 12.5. The van der Waals surface area contributed by atoms with Gasteiger partial charge in [0.05, 0.1) is 22.4 Å². The molecular weight excluding hydrogens is 420 g/mol. The molecule has 4 rings (SSSR count). The molecule has 0 atom stereocenters. The van der Waals surface area contributed by atoms with Gasteiger partial charge in [-0.1, -0.05) is 53.6 Å². The van der Waals surface area contributed by atoms with Crippen LogP contribution in [-0.4, -0.2) is 31.3 Å². The number of benzene rings is 3. The van der Waals surface area contributed by atoms with Crippen LogP contribution in [0.5, 0.6) is 0 Å². The van der Waals surface area contributed by atoms with Gasteiger partial charge in [0.25, 0.3) is 11.8 Å². The Labute approximate surface area is 178 Å². The number of carbonyl (C=O) groups is 3. The Morgan fingerprint density at radius 2 is 1.45 bits per heavy atom. The highest BCUT2D eigenvalue weighted by atomic mass is 32.2. The average Bonchev–Trinajstić information content (AvgIpc) is 2.99. The van der Waals surface area contributed by atoms with Crippen molar-refractivity contribution in [1.29, 1.82) is 0 Å². The van der Waals surface area contributed by atoms with Crippen LogP contribution in [0.1, 0.15) is 36.6 Å². The first-order chi connectivity index (χ1) is 14.8. The number of hydroxylamine groups is 2. The molecule has 156 valence electrons. The third-order valence-corrected chi connectivity index (χ3v) is 5.76. The van der Waals surface area contributed by atoms with Crippen LogP contribution >= 0.6 is 0 Å². The number of rotatable bonds is 6. The van der Waals surface area contributed by atoms with Gasteiger partial charge in [-0.05, 0) is 35.9 Å². The average molecular weight is 436 g/mol. The van der Waals surface area contributed by atoms with Crippen molar-refractivity contribution in [3.63, 3.8) is 0 Å². The lowest BCUT2D eigenvalue weighted by atomic mass is 10.1. The number of hydrogen-bond acceptors (Lipinski definition) is 6. The van der Waals surface area contributed by atoms with Crippen molar-refractivity contribution in [3.8, 4) is 0 Å². The van der Waals surface area contributed by atoms with E-state index in [0.29, 0.717) is 10.6 Å². The number of anilines is 1. The minimum absolute atomic E-state index is 0.0310. The molecule has 1 aliphatic heterocycles. The predicted molar refractivity (Wildman–Crippen MR) is 111 cm³/mol. The van der Waals surface area contributed by atoms with Crippen LogP contribution in [0.3, 0.4) is 0 Å². The van der Waals surface area contributed by atoms with E-state index in [1.807, 2.05) is 0 Å². The van der Waals surface area contributed by atoms with Crippen molar-refractivity contribution >= 4 is 33.5 Å². The first kappa shape index (κ1) is 20.3. The normalized spacial score (nSPS) is 13.1. The number of carbonyl (C=O) groups excluding carboxylic acids is 3. The van der Waals surface area contributed by atoms with E-state index in [2.05, 4.69) is 4.72 Å². The third-order valence-electron chi connectivity index (χ3n) is 4.50. The molecule has 1 N–H and O–H groups in total. The van der Waals surface area contributed by atoms with Crippen molar-refractivity contribution in [2.75, 3.05) is 4.72 Å². The zero-order valence-electron chi connectivity index (χ0n) is 16.0. The van der Waals surface area contributed by atoms with E-state index in [4.69, 9.17) is 4.84 Å². The van der Waals surface area contributed by atoms with Crippen molar-refractivity contribution in [2.45, 2.75) is 5.75 Å². The van der Waals surface area contributed by atoms with Gasteiger partial charge in [0, 0.05) is 5.69 Å². The summed E-state index contributed by atoms with van der Waals surface area (Å²) < 4.78 is 27.2.